The van der Waals surface area contributed by atoms with E-state index in [1.165, 1.54) is 16.0 Å². The fourth-order valence-electron chi connectivity index (χ4n) is 3.38. The predicted octanol–water partition coefficient (Wildman–Crippen LogP) is 1.15. The van der Waals surface area contributed by atoms with Crippen molar-refractivity contribution in [3.8, 4) is 0 Å². The van der Waals surface area contributed by atoms with Crippen LogP contribution in [0.3, 0.4) is 0 Å². The average molecular weight is 430 g/mol. The molecule has 166 valence electrons. The Labute approximate surface area is 179 Å². The highest BCUT2D eigenvalue weighted by molar-refractivity contribution is 5.98. The molecule has 1 aliphatic rings. The maximum Gasteiger partial charge on any atom is 0.319 e. The van der Waals surface area contributed by atoms with Crippen molar-refractivity contribution in [2.75, 3.05) is 43.9 Å². The molecule has 2 aromatic heterocycles. The van der Waals surface area contributed by atoms with Gasteiger partial charge in [0, 0.05) is 45.1 Å². The number of nitrogens with zero attached hydrogens (tertiary/aromatic N) is 4. The van der Waals surface area contributed by atoms with E-state index >= 15 is 0 Å². The van der Waals surface area contributed by atoms with Gasteiger partial charge in [0.1, 0.15) is 17.8 Å². The van der Waals surface area contributed by atoms with Crippen LogP contribution in [0.4, 0.5) is 26.5 Å². The number of alkyl halides is 1. The van der Waals surface area contributed by atoms with Crippen LogP contribution in [0.5, 0.6) is 0 Å². The number of pyridine rings is 2. The average Bonchev–Trinajstić information content (AvgIpc) is 2.75. The van der Waals surface area contributed by atoms with Crippen molar-refractivity contribution in [2.45, 2.75) is 18.6 Å². The second-order valence-electron chi connectivity index (χ2n) is 7.31. The lowest BCUT2D eigenvalue weighted by atomic mass is 10.0. The van der Waals surface area contributed by atoms with Crippen molar-refractivity contribution in [3.05, 3.63) is 42.2 Å². The zero-order chi connectivity index (χ0) is 22.4. The molecule has 1 aliphatic heterocycles. The van der Waals surface area contributed by atoms with E-state index in [9.17, 15) is 14.0 Å². The first-order valence-corrected chi connectivity index (χ1v) is 9.97. The van der Waals surface area contributed by atoms with Gasteiger partial charge in [0.15, 0.2) is 0 Å². The number of carbonyl (C=O) groups excluding carboxylic acids is 2. The Kier molecular flexibility index (Phi) is 7.19. The van der Waals surface area contributed by atoms with Crippen LogP contribution < -0.4 is 22.1 Å². The predicted molar refractivity (Wildman–Crippen MR) is 116 cm³/mol. The molecule has 3 amide bonds. The standard InChI is InChI=1S/C20H27FN8O2/c1-28(9-6-22)20(31)29-8-5-15(14(21)12-29)26-16-10-18(25-11-13(16)19(23)30)27-17-4-2-3-7-24-17/h2-4,7,10-11,14-15H,5-6,8-9,12,22H2,1H3,(H2,23,30)(H2,24,25,26,27)/t14-,15+/m0/s1. The molecule has 6 N–H and O–H groups in total. The molecule has 0 bridgehead atoms. The number of likely N-dealkylation sites (N-methyl/N-ethyl adjacent to an activating group) is 1. The van der Waals surface area contributed by atoms with Gasteiger partial charge in [-0.25, -0.2) is 19.2 Å². The van der Waals surface area contributed by atoms with Crippen LogP contribution in [0.25, 0.3) is 0 Å². The van der Waals surface area contributed by atoms with Crippen LogP contribution in [0.15, 0.2) is 36.7 Å². The van der Waals surface area contributed by atoms with E-state index in [0.717, 1.165) is 0 Å². The maximum absolute atomic E-state index is 14.9. The Morgan fingerprint density at radius 3 is 2.77 bits per heavy atom. The number of hydrogen-bond acceptors (Lipinski definition) is 7. The summed E-state index contributed by atoms with van der Waals surface area (Å²) >= 11 is 0. The van der Waals surface area contributed by atoms with E-state index in [2.05, 4.69) is 20.6 Å². The molecular weight excluding hydrogens is 403 g/mol. The molecule has 11 heteroatoms. The number of halogens is 1. The van der Waals surface area contributed by atoms with Gasteiger partial charge in [-0.15, -0.1) is 0 Å². The van der Waals surface area contributed by atoms with Gasteiger partial charge in [0.05, 0.1) is 23.8 Å². The number of anilines is 3. The second-order valence-corrected chi connectivity index (χ2v) is 7.31. The summed E-state index contributed by atoms with van der Waals surface area (Å²) in [7, 11) is 1.64. The zero-order valence-electron chi connectivity index (χ0n) is 17.3. The van der Waals surface area contributed by atoms with Crippen LogP contribution in [0.2, 0.25) is 0 Å². The molecule has 2 atom stereocenters. The molecular formula is C20H27FN8O2. The molecule has 2 aromatic rings. The number of carbonyl (C=O) groups is 2. The second kappa shape index (κ2) is 10.0. The molecule has 0 radical (unpaired) electrons. The van der Waals surface area contributed by atoms with Gasteiger partial charge in [0.25, 0.3) is 5.91 Å². The molecule has 3 rings (SSSR count). The molecule has 0 unspecified atom stereocenters. The number of piperidine rings is 1. The van der Waals surface area contributed by atoms with Crippen molar-refractivity contribution in [1.29, 1.82) is 0 Å². The summed E-state index contributed by atoms with van der Waals surface area (Å²) in [5.74, 6) is 0.327. The van der Waals surface area contributed by atoms with Gasteiger partial charge in [-0.05, 0) is 18.6 Å². The van der Waals surface area contributed by atoms with E-state index in [1.807, 2.05) is 6.07 Å². The van der Waals surface area contributed by atoms with Crippen LogP contribution in [0, 0.1) is 0 Å². The summed E-state index contributed by atoms with van der Waals surface area (Å²) in [6, 6.07) is 6.12. The quantitative estimate of drug-likeness (QED) is 0.516. The number of nitrogens with two attached hydrogens (primary N) is 2. The Morgan fingerprint density at radius 2 is 2.13 bits per heavy atom. The Morgan fingerprint density at radius 1 is 1.32 bits per heavy atom. The molecule has 0 aliphatic carbocycles. The summed E-state index contributed by atoms with van der Waals surface area (Å²) < 4.78 is 14.9. The maximum atomic E-state index is 14.9. The van der Waals surface area contributed by atoms with Crippen LogP contribution in [0.1, 0.15) is 16.8 Å². The number of amides is 3. The van der Waals surface area contributed by atoms with Gasteiger partial charge >= 0.3 is 6.03 Å². The van der Waals surface area contributed by atoms with E-state index in [-0.39, 0.29) is 18.1 Å². The van der Waals surface area contributed by atoms with E-state index < -0.39 is 18.1 Å². The third-order valence-electron chi connectivity index (χ3n) is 5.03. The highest BCUT2D eigenvalue weighted by atomic mass is 19.1. The fraction of sp³-hybridized carbons (Fsp3) is 0.400. The van der Waals surface area contributed by atoms with Gasteiger partial charge < -0.3 is 31.9 Å². The van der Waals surface area contributed by atoms with Crippen LogP contribution >= 0.6 is 0 Å². The van der Waals surface area contributed by atoms with E-state index in [4.69, 9.17) is 11.5 Å². The molecule has 31 heavy (non-hydrogen) atoms. The number of hydrogen-bond donors (Lipinski definition) is 4. The first-order valence-electron chi connectivity index (χ1n) is 9.97. The lowest BCUT2D eigenvalue weighted by Gasteiger charge is -2.37. The van der Waals surface area contributed by atoms with Gasteiger partial charge in [-0.3, -0.25) is 4.79 Å². The van der Waals surface area contributed by atoms with Gasteiger partial charge in [0.2, 0.25) is 0 Å². The number of primary amides is 1. The SMILES string of the molecule is CN(CCN)C(=O)N1CC[C@@H](Nc2cc(Nc3ccccn3)ncc2C(N)=O)[C@@H](F)C1. The van der Waals surface area contributed by atoms with E-state index in [0.29, 0.717) is 43.4 Å². The van der Waals surface area contributed by atoms with Crippen molar-refractivity contribution in [2.24, 2.45) is 11.5 Å². The largest absolute Gasteiger partial charge is 0.378 e. The molecule has 1 fully saturated rings. The zero-order valence-corrected chi connectivity index (χ0v) is 17.3. The van der Waals surface area contributed by atoms with E-state index in [1.54, 1.807) is 31.4 Å². The molecule has 0 aromatic carbocycles. The molecule has 10 nitrogen and oxygen atoms in total. The summed E-state index contributed by atoms with van der Waals surface area (Å²) in [6.45, 7) is 1.06. The number of rotatable bonds is 7. The highest BCUT2D eigenvalue weighted by Gasteiger charge is 2.33. The minimum absolute atomic E-state index is 0.0541. The third-order valence-corrected chi connectivity index (χ3v) is 5.03. The third kappa shape index (κ3) is 5.57. The minimum Gasteiger partial charge on any atom is -0.378 e. The first kappa shape index (κ1) is 22.2. The lowest BCUT2D eigenvalue weighted by Crippen LogP contribution is -2.53. The summed E-state index contributed by atoms with van der Waals surface area (Å²) in [4.78, 5) is 35.5. The molecule has 1 saturated heterocycles. The number of aromatic nitrogens is 2. The van der Waals surface area contributed by atoms with Gasteiger partial charge in [-0.2, -0.15) is 0 Å². The van der Waals surface area contributed by atoms with Crippen LogP contribution in [-0.2, 0) is 0 Å². The van der Waals surface area contributed by atoms with Crippen LogP contribution in [-0.4, -0.2) is 77.1 Å². The monoisotopic (exact) mass is 430 g/mol. The first-order chi connectivity index (χ1) is 14.9. The molecule has 3 heterocycles. The Hall–Kier alpha value is -3.47. The summed E-state index contributed by atoms with van der Waals surface area (Å²) in [5.41, 5.74) is 11.5. The van der Waals surface area contributed by atoms with Crippen molar-refractivity contribution >= 4 is 29.3 Å². The summed E-state index contributed by atoms with van der Waals surface area (Å²) in [6.07, 6.45) is 2.01. The number of nitrogens with one attached hydrogen (secondary N) is 2. The topological polar surface area (TPSA) is 142 Å². The molecule has 0 spiro atoms. The minimum atomic E-state index is -1.33. The number of urea groups is 1. The Balaban J connectivity index is 1.71. The van der Waals surface area contributed by atoms with Crippen molar-refractivity contribution in [3.63, 3.8) is 0 Å². The number of likely N-dealkylation sites (tertiary alicyclic amines) is 1. The van der Waals surface area contributed by atoms with Crippen molar-refractivity contribution in [1.82, 2.24) is 19.8 Å². The smallest absolute Gasteiger partial charge is 0.319 e. The summed E-state index contributed by atoms with van der Waals surface area (Å²) in [5, 5.41) is 6.10. The lowest BCUT2D eigenvalue weighted by molar-refractivity contribution is 0.1000. The fourth-order valence-corrected chi connectivity index (χ4v) is 3.38. The molecule has 0 saturated carbocycles. The highest BCUT2D eigenvalue weighted by Crippen LogP contribution is 2.25. The van der Waals surface area contributed by atoms with Gasteiger partial charge in [-0.1, -0.05) is 6.07 Å². The van der Waals surface area contributed by atoms with Crippen molar-refractivity contribution < 1.29 is 14.0 Å². The Bertz CT molecular complexity index is 913. The normalized spacial score (nSPS) is 18.4.